The van der Waals surface area contributed by atoms with E-state index in [2.05, 4.69) is 4.98 Å². The van der Waals surface area contributed by atoms with E-state index >= 15 is 0 Å². The van der Waals surface area contributed by atoms with Gasteiger partial charge in [-0.15, -0.1) is 0 Å². The molecule has 1 atom stereocenters. The number of ether oxygens (including phenoxy) is 2. The van der Waals surface area contributed by atoms with Gasteiger partial charge >= 0.3 is 0 Å². The topological polar surface area (TPSA) is 77.7 Å². The van der Waals surface area contributed by atoms with Crippen LogP contribution in [0.3, 0.4) is 0 Å². The Labute approximate surface area is 153 Å². The Kier molecular flexibility index (Phi) is 6.07. The molecule has 1 fully saturated rings. The van der Waals surface area contributed by atoms with Crippen molar-refractivity contribution in [1.29, 1.82) is 0 Å². The standard InChI is InChI=1S/C20H25N3O3/c1-2-25-19-11-17(20(24)23-10-7-16(12-21)13-23)3-4-18(19)26-14-15-5-8-22-9-6-15/h3-6,8-9,11,16H,2,7,10,12-14,21H2,1H3/t16-/m0/s1. The van der Waals surface area contributed by atoms with Crippen molar-refractivity contribution in [2.75, 3.05) is 26.2 Å². The predicted molar refractivity (Wildman–Crippen MR) is 99.2 cm³/mol. The summed E-state index contributed by atoms with van der Waals surface area (Å²) in [5.41, 5.74) is 7.36. The number of nitrogens with zero attached hydrogens (tertiary/aromatic N) is 2. The van der Waals surface area contributed by atoms with Gasteiger partial charge in [0.1, 0.15) is 6.61 Å². The number of likely N-dealkylation sites (tertiary alicyclic amines) is 1. The third-order valence-electron chi connectivity index (χ3n) is 4.54. The number of aromatic nitrogens is 1. The van der Waals surface area contributed by atoms with E-state index < -0.39 is 0 Å². The van der Waals surface area contributed by atoms with Crippen LogP contribution < -0.4 is 15.2 Å². The molecule has 1 aromatic carbocycles. The third-order valence-corrected chi connectivity index (χ3v) is 4.54. The average molecular weight is 355 g/mol. The van der Waals surface area contributed by atoms with Crippen LogP contribution >= 0.6 is 0 Å². The molecule has 1 aliphatic heterocycles. The van der Waals surface area contributed by atoms with Crippen LogP contribution in [-0.4, -0.2) is 42.0 Å². The van der Waals surface area contributed by atoms with Crippen molar-refractivity contribution in [2.24, 2.45) is 11.7 Å². The van der Waals surface area contributed by atoms with Crippen molar-refractivity contribution in [2.45, 2.75) is 20.0 Å². The molecule has 2 N–H and O–H groups in total. The molecule has 6 nitrogen and oxygen atoms in total. The van der Waals surface area contributed by atoms with Gasteiger partial charge in [-0.25, -0.2) is 0 Å². The number of hydrogen-bond donors (Lipinski definition) is 1. The summed E-state index contributed by atoms with van der Waals surface area (Å²) in [5, 5.41) is 0. The van der Waals surface area contributed by atoms with Gasteiger partial charge in [-0.3, -0.25) is 9.78 Å². The highest BCUT2D eigenvalue weighted by atomic mass is 16.5. The summed E-state index contributed by atoms with van der Waals surface area (Å²) in [6, 6.07) is 9.17. The molecule has 6 heteroatoms. The smallest absolute Gasteiger partial charge is 0.254 e. The van der Waals surface area contributed by atoms with Gasteiger partial charge in [0.25, 0.3) is 5.91 Å². The largest absolute Gasteiger partial charge is 0.490 e. The average Bonchev–Trinajstić information content (AvgIpc) is 3.17. The first-order valence-corrected chi connectivity index (χ1v) is 8.99. The lowest BCUT2D eigenvalue weighted by Gasteiger charge is -2.18. The lowest BCUT2D eigenvalue weighted by molar-refractivity contribution is 0.0787. The molecule has 26 heavy (non-hydrogen) atoms. The van der Waals surface area contributed by atoms with Gasteiger partial charge in [-0.2, -0.15) is 0 Å². The van der Waals surface area contributed by atoms with Crippen LogP contribution in [0.15, 0.2) is 42.7 Å². The molecule has 1 aromatic heterocycles. The lowest BCUT2D eigenvalue weighted by atomic mass is 10.1. The van der Waals surface area contributed by atoms with E-state index in [1.54, 1.807) is 30.6 Å². The van der Waals surface area contributed by atoms with Gasteiger partial charge in [0.15, 0.2) is 11.5 Å². The maximum atomic E-state index is 12.7. The summed E-state index contributed by atoms with van der Waals surface area (Å²) < 4.78 is 11.6. The van der Waals surface area contributed by atoms with E-state index in [4.69, 9.17) is 15.2 Å². The van der Waals surface area contributed by atoms with Crippen LogP contribution in [0.25, 0.3) is 0 Å². The van der Waals surface area contributed by atoms with E-state index in [1.165, 1.54) is 0 Å². The first kappa shape index (κ1) is 18.2. The van der Waals surface area contributed by atoms with Gasteiger partial charge in [0, 0.05) is 31.0 Å². The van der Waals surface area contributed by atoms with Gasteiger partial charge in [0.05, 0.1) is 6.61 Å². The minimum Gasteiger partial charge on any atom is -0.490 e. The second kappa shape index (κ2) is 8.67. The van der Waals surface area contributed by atoms with E-state index in [0.717, 1.165) is 25.1 Å². The van der Waals surface area contributed by atoms with Crippen molar-refractivity contribution >= 4 is 5.91 Å². The number of amides is 1. The summed E-state index contributed by atoms with van der Waals surface area (Å²) >= 11 is 0. The first-order valence-electron chi connectivity index (χ1n) is 8.99. The zero-order valence-electron chi connectivity index (χ0n) is 15.1. The van der Waals surface area contributed by atoms with Crippen molar-refractivity contribution < 1.29 is 14.3 Å². The Morgan fingerprint density at radius 3 is 2.73 bits per heavy atom. The van der Waals surface area contributed by atoms with E-state index in [0.29, 0.717) is 42.7 Å². The molecule has 0 unspecified atom stereocenters. The van der Waals surface area contributed by atoms with Crippen LogP contribution in [-0.2, 0) is 6.61 Å². The summed E-state index contributed by atoms with van der Waals surface area (Å²) in [5.74, 6) is 1.62. The molecule has 3 rings (SSSR count). The van der Waals surface area contributed by atoms with Gasteiger partial charge < -0.3 is 20.1 Å². The number of carbonyl (C=O) groups excluding carboxylic acids is 1. The second-order valence-electron chi connectivity index (χ2n) is 6.38. The molecule has 1 aliphatic rings. The Hall–Kier alpha value is -2.60. The van der Waals surface area contributed by atoms with Crippen LogP contribution in [0.5, 0.6) is 11.5 Å². The molecule has 0 bridgehead atoms. The zero-order valence-corrected chi connectivity index (χ0v) is 15.1. The Morgan fingerprint density at radius 1 is 1.23 bits per heavy atom. The minimum atomic E-state index is 0.0163. The van der Waals surface area contributed by atoms with Crippen molar-refractivity contribution in [3.05, 3.63) is 53.9 Å². The third kappa shape index (κ3) is 4.32. The van der Waals surface area contributed by atoms with Gasteiger partial charge in [0.2, 0.25) is 0 Å². The summed E-state index contributed by atoms with van der Waals surface area (Å²) in [7, 11) is 0. The molecule has 1 saturated heterocycles. The molecule has 0 saturated carbocycles. The molecule has 0 spiro atoms. The molecule has 0 radical (unpaired) electrons. The van der Waals surface area contributed by atoms with Crippen molar-refractivity contribution in [3.63, 3.8) is 0 Å². The van der Waals surface area contributed by atoms with Gasteiger partial charge in [-0.05, 0) is 61.7 Å². The number of rotatable bonds is 7. The molecular formula is C20H25N3O3. The predicted octanol–water partition coefficient (Wildman–Crippen LogP) is 2.48. The maximum Gasteiger partial charge on any atom is 0.254 e. The van der Waals surface area contributed by atoms with E-state index in [-0.39, 0.29) is 5.91 Å². The fraction of sp³-hybridized carbons (Fsp3) is 0.400. The highest BCUT2D eigenvalue weighted by Gasteiger charge is 2.26. The summed E-state index contributed by atoms with van der Waals surface area (Å²) in [4.78, 5) is 18.6. The molecule has 2 aromatic rings. The molecular weight excluding hydrogens is 330 g/mol. The highest BCUT2D eigenvalue weighted by Crippen LogP contribution is 2.30. The Bertz CT molecular complexity index is 736. The second-order valence-corrected chi connectivity index (χ2v) is 6.38. The molecule has 2 heterocycles. The number of nitrogens with two attached hydrogens (primary N) is 1. The lowest BCUT2D eigenvalue weighted by Crippen LogP contribution is -2.29. The van der Waals surface area contributed by atoms with E-state index in [9.17, 15) is 4.79 Å². The molecule has 1 amide bonds. The van der Waals surface area contributed by atoms with Gasteiger partial charge in [-0.1, -0.05) is 0 Å². The summed E-state index contributed by atoms with van der Waals surface area (Å²) in [6.07, 6.45) is 4.43. The summed E-state index contributed by atoms with van der Waals surface area (Å²) in [6.45, 7) is 4.93. The SMILES string of the molecule is CCOc1cc(C(=O)N2CC[C@@H](CN)C2)ccc1OCc1ccncc1. The van der Waals surface area contributed by atoms with E-state index in [1.807, 2.05) is 24.0 Å². The first-order chi connectivity index (χ1) is 12.7. The number of benzene rings is 1. The van der Waals surface area contributed by atoms with Crippen LogP contribution in [0.2, 0.25) is 0 Å². The van der Waals surface area contributed by atoms with Crippen LogP contribution in [0.1, 0.15) is 29.3 Å². The quantitative estimate of drug-likeness (QED) is 0.826. The zero-order chi connectivity index (χ0) is 18.4. The monoisotopic (exact) mass is 355 g/mol. The van der Waals surface area contributed by atoms with Crippen LogP contribution in [0, 0.1) is 5.92 Å². The maximum absolute atomic E-state index is 12.7. The fourth-order valence-electron chi connectivity index (χ4n) is 3.06. The number of pyridine rings is 1. The number of carbonyl (C=O) groups is 1. The Morgan fingerprint density at radius 2 is 2.04 bits per heavy atom. The molecule has 138 valence electrons. The number of hydrogen-bond acceptors (Lipinski definition) is 5. The normalized spacial score (nSPS) is 16.5. The fourth-order valence-corrected chi connectivity index (χ4v) is 3.06. The highest BCUT2D eigenvalue weighted by molar-refractivity contribution is 5.95. The van der Waals surface area contributed by atoms with Crippen LogP contribution in [0.4, 0.5) is 0 Å². The van der Waals surface area contributed by atoms with Crippen molar-refractivity contribution in [1.82, 2.24) is 9.88 Å². The van der Waals surface area contributed by atoms with Crippen molar-refractivity contribution in [3.8, 4) is 11.5 Å². The Balaban J connectivity index is 1.72. The molecule has 0 aliphatic carbocycles. The minimum absolute atomic E-state index is 0.0163.